The molecule has 10 nitrogen and oxygen atoms in total. The van der Waals surface area contributed by atoms with E-state index < -0.39 is 12.2 Å². The fraction of sp³-hybridized carbons (Fsp3) is 0.450. The molecule has 0 saturated heterocycles. The molecule has 2 atom stereocenters. The van der Waals surface area contributed by atoms with Crippen LogP contribution in [0, 0.1) is 13.8 Å². The van der Waals surface area contributed by atoms with Crippen molar-refractivity contribution in [3.8, 4) is 22.6 Å². The molecule has 0 radical (unpaired) electrons. The molecule has 0 aliphatic heterocycles. The van der Waals surface area contributed by atoms with Gasteiger partial charge in [0.25, 0.3) is 0 Å². The van der Waals surface area contributed by atoms with Crippen LogP contribution in [0.5, 0.6) is 11.5 Å². The number of benzene rings is 2. The SMILES string of the molecule is Cc1c(OCCCN(CCc2ccccn2)C[C@H](O)CO)cccc1-c1cccc(OCCCN(CCc2ccccn2)C[C@H](O)CO)c1C. The van der Waals surface area contributed by atoms with E-state index in [1.807, 2.05) is 60.7 Å². The van der Waals surface area contributed by atoms with E-state index >= 15 is 0 Å². The van der Waals surface area contributed by atoms with Crippen molar-refractivity contribution in [2.24, 2.45) is 0 Å². The fourth-order valence-corrected chi connectivity index (χ4v) is 6.00. The Hall–Kier alpha value is -3.90. The first-order valence-corrected chi connectivity index (χ1v) is 17.7. The predicted molar refractivity (Wildman–Crippen MR) is 197 cm³/mol. The van der Waals surface area contributed by atoms with E-state index in [-0.39, 0.29) is 13.2 Å². The Morgan fingerprint density at radius 1 is 0.580 bits per heavy atom. The summed E-state index contributed by atoms with van der Waals surface area (Å²) in [6, 6.07) is 24.0. The van der Waals surface area contributed by atoms with E-state index in [1.54, 1.807) is 12.4 Å². The van der Waals surface area contributed by atoms with E-state index in [9.17, 15) is 20.4 Å². The quantitative estimate of drug-likeness (QED) is 0.0847. The van der Waals surface area contributed by atoms with Gasteiger partial charge in [0, 0.05) is 75.9 Å². The molecule has 0 fully saturated rings. The second kappa shape index (κ2) is 21.3. The van der Waals surface area contributed by atoms with Crippen molar-refractivity contribution in [2.75, 3.05) is 65.7 Å². The zero-order chi connectivity index (χ0) is 35.6. The molecule has 10 heteroatoms. The summed E-state index contributed by atoms with van der Waals surface area (Å²) in [6.45, 7) is 8.38. The minimum atomic E-state index is -0.787. The number of aliphatic hydroxyl groups excluding tert-OH is 4. The van der Waals surface area contributed by atoms with Gasteiger partial charge in [-0.15, -0.1) is 0 Å². The highest BCUT2D eigenvalue weighted by molar-refractivity contribution is 5.74. The summed E-state index contributed by atoms with van der Waals surface area (Å²) < 4.78 is 12.5. The van der Waals surface area contributed by atoms with Crippen LogP contribution in [0.4, 0.5) is 0 Å². The maximum Gasteiger partial charge on any atom is 0.122 e. The third-order valence-electron chi connectivity index (χ3n) is 8.79. The van der Waals surface area contributed by atoms with Gasteiger partial charge in [0.1, 0.15) is 11.5 Å². The summed E-state index contributed by atoms with van der Waals surface area (Å²) in [5.41, 5.74) is 6.29. The van der Waals surface area contributed by atoms with Gasteiger partial charge in [0.05, 0.1) is 38.6 Å². The molecule has 0 unspecified atom stereocenters. The van der Waals surface area contributed by atoms with Gasteiger partial charge >= 0.3 is 0 Å². The molecule has 2 heterocycles. The second-order valence-corrected chi connectivity index (χ2v) is 12.7. The van der Waals surface area contributed by atoms with Gasteiger partial charge in [0.15, 0.2) is 0 Å². The Labute approximate surface area is 297 Å². The molecule has 50 heavy (non-hydrogen) atoms. The number of hydrogen-bond acceptors (Lipinski definition) is 10. The van der Waals surface area contributed by atoms with Gasteiger partial charge in [-0.3, -0.25) is 9.97 Å². The van der Waals surface area contributed by atoms with Crippen molar-refractivity contribution in [1.82, 2.24) is 19.8 Å². The number of pyridine rings is 2. The Balaban J connectivity index is 1.30. The van der Waals surface area contributed by atoms with E-state index in [1.165, 1.54) is 0 Å². The van der Waals surface area contributed by atoms with Crippen LogP contribution in [-0.2, 0) is 12.8 Å². The number of aromatic nitrogens is 2. The fourth-order valence-electron chi connectivity index (χ4n) is 6.00. The summed E-state index contributed by atoms with van der Waals surface area (Å²) in [7, 11) is 0. The third-order valence-corrected chi connectivity index (χ3v) is 8.79. The van der Waals surface area contributed by atoms with E-state index in [4.69, 9.17) is 9.47 Å². The van der Waals surface area contributed by atoms with Gasteiger partial charge in [-0.25, -0.2) is 0 Å². The molecule has 0 spiro atoms. The van der Waals surface area contributed by atoms with Crippen molar-refractivity contribution in [1.29, 1.82) is 0 Å². The van der Waals surface area contributed by atoms with Gasteiger partial charge in [-0.05, 0) is 85.3 Å². The summed E-state index contributed by atoms with van der Waals surface area (Å²) in [5, 5.41) is 39.0. The minimum Gasteiger partial charge on any atom is -0.493 e. The molecule has 0 bridgehead atoms. The molecule has 4 N–H and O–H groups in total. The van der Waals surface area contributed by atoms with Crippen molar-refractivity contribution >= 4 is 0 Å². The van der Waals surface area contributed by atoms with Crippen LogP contribution in [0.15, 0.2) is 85.2 Å². The third kappa shape index (κ3) is 12.8. The minimum absolute atomic E-state index is 0.267. The van der Waals surface area contributed by atoms with Crippen molar-refractivity contribution in [3.05, 3.63) is 108 Å². The van der Waals surface area contributed by atoms with Crippen LogP contribution in [0.1, 0.15) is 35.4 Å². The number of rotatable bonds is 23. The Kier molecular flexibility index (Phi) is 16.6. The number of ether oxygens (including phenoxy) is 2. The van der Waals surface area contributed by atoms with E-state index in [0.29, 0.717) is 26.3 Å². The summed E-state index contributed by atoms with van der Waals surface area (Å²) in [4.78, 5) is 13.1. The van der Waals surface area contributed by atoms with Crippen molar-refractivity contribution < 1.29 is 29.9 Å². The first-order valence-electron chi connectivity index (χ1n) is 17.7. The Bertz CT molecular complexity index is 1410. The average Bonchev–Trinajstić information content (AvgIpc) is 3.14. The second-order valence-electron chi connectivity index (χ2n) is 12.7. The number of hydrogen-bond donors (Lipinski definition) is 4. The topological polar surface area (TPSA) is 132 Å². The monoisotopic (exact) mass is 686 g/mol. The lowest BCUT2D eigenvalue weighted by Gasteiger charge is -2.24. The molecular weight excluding hydrogens is 632 g/mol. The Morgan fingerprint density at radius 3 is 1.40 bits per heavy atom. The summed E-state index contributed by atoms with van der Waals surface area (Å²) >= 11 is 0. The average molecular weight is 687 g/mol. The predicted octanol–water partition coefficient (Wildman–Crippen LogP) is 4.09. The first-order chi connectivity index (χ1) is 24.4. The first kappa shape index (κ1) is 38.9. The zero-order valence-corrected chi connectivity index (χ0v) is 29.5. The molecule has 0 amide bonds. The molecule has 4 aromatic rings. The van der Waals surface area contributed by atoms with Crippen LogP contribution < -0.4 is 9.47 Å². The van der Waals surface area contributed by atoms with Crippen LogP contribution in [0.3, 0.4) is 0 Å². The van der Waals surface area contributed by atoms with Crippen molar-refractivity contribution in [3.63, 3.8) is 0 Å². The molecule has 2 aromatic heterocycles. The van der Waals surface area contributed by atoms with E-state index in [0.717, 1.165) is 97.0 Å². The highest BCUT2D eigenvalue weighted by Gasteiger charge is 2.15. The highest BCUT2D eigenvalue weighted by Crippen LogP contribution is 2.35. The van der Waals surface area contributed by atoms with Gasteiger partial charge < -0.3 is 39.7 Å². The van der Waals surface area contributed by atoms with Crippen molar-refractivity contribution in [2.45, 2.75) is 51.7 Å². The standard InChI is InChI=1S/C40H54N4O6/c1-31-37(13-7-15-39(31)49-25-9-21-43(27-35(47)29-45)23-17-33-11-3-5-19-41-33)38-14-8-16-40(32(38)2)50-26-10-22-44(28-36(48)30-46)24-18-34-12-4-6-20-42-34/h3-8,11-16,19-20,35-36,45-48H,9-10,17-18,21-30H2,1-2H3/t35-,36-/m0/s1. The van der Waals surface area contributed by atoms with E-state index in [2.05, 4.69) is 45.7 Å². The molecule has 2 aromatic carbocycles. The summed E-state index contributed by atoms with van der Waals surface area (Å²) in [6.07, 6.45) is 5.07. The molecule has 0 saturated carbocycles. The number of aliphatic hydroxyl groups is 4. The maximum absolute atomic E-state index is 10.1. The maximum atomic E-state index is 10.1. The lowest BCUT2D eigenvalue weighted by molar-refractivity contribution is 0.0577. The molecule has 0 aliphatic rings. The smallest absolute Gasteiger partial charge is 0.122 e. The molecular formula is C40H54N4O6. The van der Waals surface area contributed by atoms with Gasteiger partial charge in [0.2, 0.25) is 0 Å². The van der Waals surface area contributed by atoms with Crippen LogP contribution in [0.25, 0.3) is 11.1 Å². The van der Waals surface area contributed by atoms with Crippen LogP contribution in [0.2, 0.25) is 0 Å². The summed E-state index contributed by atoms with van der Waals surface area (Å²) in [5.74, 6) is 1.67. The molecule has 4 rings (SSSR count). The van der Waals surface area contributed by atoms with Gasteiger partial charge in [-0.2, -0.15) is 0 Å². The highest BCUT2D eigenvalue weighted by atomic mass is 16.5. The van der Waals surface area contributed by atoms with Gasteiger partial charge in [-0.1, -0.05) is 36.4 Å². The number of nitrogens with zero attached hydrogens (tertiary/aromatic N) is 4. The zero-order valence-electron chi connectivity index (χ0n) is 29.5. The van der Waals surface area contributed by atoms with Crippen LogP contribution >= 0.6 is 0 Å². The lowest BCUT2D eigenvalue weighted by atomic mass is 9.95. The molecule has 0 aliphatic carbocycles. The Morgan fingerprint density at radius 2 is 1.02 bits per heavy atom. The normalized spacial score (nSPS) is 12.7. The largest absolute Gasteiger partial charge is 0.493 e. The lowest BCUT2D eigenvalue weighted by Crippen LogP contribution is -2.37. The molecule has 270 valence electrons. The van der Waals surface area contributed by atoms with Crippen LogP contribution in [-0.4, -0.2) is 118 Å².